The largest absolute Gasteiger partial charge is 0.322 e. The predicted molar refractivity (Wildman–Crippen MR) is 38.8 cm³/mol. The van der Waals surface area contributed by atoms with E-state index in [1.54, 1.807) is 0 Å². The molecule has 0 aromatic carbocycles. The molecule has 9 heavy (non-hydrogen) atoms. The number of nitrogens with zero attached hydrogens (tertiary/aromatic N) is 3. The van der Waals surface area contributed by atoms with E-state index in [0.29, 0.717) is 6.67 Å². The molecule has 0 atom stereocenters. The number of aliphatic imine (C=N–C) groups is 2. The SMILES string of the molecule is CC1=NCN=C(C)N1C. The summed E-state index contributed by atoms with van der Waals surface area (Å²) in [5, 5.41) is 0. The van der Waals surface area contributed by atoms with Crippen molar-refractivity contribution in [1.82, 2.24) is 4.90 Å². The van der Waals surface area contributed by atoms with Crippen molar-refractivity contribution in [2.45, 2.75) is 13.8 Å². The van der Waals surface area contributed by atoms with E-state index < -0.39 is 0 Å². The molecule has 50 valence electrons. The van der Waals surface area contributed by atoms with Crippen molar-refractivity contribution in [3.63, 3.8) is 0 Å². The number of hydrogen-bond acceptors (Lipinski definition) is 3. The Balaban J connectivity index is 2.74. The highest BCUT2D eigenvalue weighted by atomic mass is 15.3. The predicted octanol–water partition coefficient (Wildman–Crippen LogP) is 0.726. The highest BCUT2D eigenvalue weighted by molar-refractivity contribution is 5.99. The lowest BCUT2D eigenvalue weighted by atomic mass is 10.5. The summed E-state index contributed by atoms with van der Waals surface area (Å²) in [7, 11) is 1.97. The van der Waals surface area contributed by atoms with Gasteiger partial charge in [0.15, 0.2) is 0 Å². The fraction of sp³-hybridized carbons (Fsp3) is 0.667. The standard InChI is InChI=1S/C6H11N3/c1-5-7-4-8-6(2)9(5)3/h4H2,1-3H3. The maximum Gasteiger partial charge on any atom is 0.133 e. The fourth-order valence-corrected chi connectivity index (χ4v) is 0.686. The molecule has 0 bridgehead atoms. The summed E-state index contributed by atoms with van der Waals surface area (Å²) in [6.45, 7) is 4.57. The Morgan fingerprint density at radius 3 is 2.00 bits per heavy atom. The molecule has 0 aromatic rings. The third kappa shape index (κ3) is 1.09. The first-order valence-electron chi connectivity index (χ1n) is 2.97. The molecule has 0 unspecified atom stereocenters. The van der Waals surface area contributed by atoms with Crippen LogP contribution in [0.15, 0.2) is 9.98 Å². The van der Waals surface area contributed by atoms with Gasteiger partial charge in [-0.15, -0.1) is 0 Å². The molecule has 1 heterocycles. The van der Waals surface area contributed by atoms with Gasteiger partial charge in [0.05, 0.1) is 0 Å². The van der Waals surface area contributed by atoms with E-state index in [-0.39, 0.29) is 0 Å². The zero-order chi connectivity index (χ0) is 6.85. The van der Waals surface area contributed by atoms with Crippen LogP contribution in [0.4, 0.5) is 0 Å². The van der Waals surface area contributed by atoms with Crippen molar-refractivity contribution < 1.29 is 0 Å². The first-order valence-corrected chi connectivity index (χ1v) is 2.97. The third-order valence-electron chi connectivity index (χ3n) is 1.57. The summed E-state index contributed by atoms with van der Waals surface area (Å²) in [6, 6.07) is 0. The molecule has 1 aliphatic heterocycles. The van der Waals surface area contributed by atoms with Crippen LogP contribution in [0.25, 0.3) is 0 Å². The van der Waals surface area contributed by atoms with Gasteiger partial charge in [-0.1, -0.05) is 0 Å². The molecule has 0 aromatic heterocycles. The van der Waals surface area contributed by atoms with Gasteiger partial charge in [-0.3, -0.25) is 0 Å². The second kappa shape index (κ2) is 2.17. The monoisotopic (exact) mass is 125 g/mol. The van der Waals surface area contributed by atoms with Gasteiger partial charge in [-0.05, 0) is 13.8 Å². The molecule has 0 aliphatic carbocycles. The molecule has 0 spiro atoms. The van der Waals surface area contributed by atoms with Crippen LogP contribution in [-0.4, -0.2) is 30.3 Å². The zero-order valence-electron chi connectivity index (χ0n) is 6.05. The van der Waals surface area contributed by atoms with Crippen molar-refractivity contribution in [2.75, 3.05) is 13.7 Å². The molecule has 0 amide bonds. The summed E-state index contributed by atoms with van der Waals surface area (Å²) >= 11 is 0. The second-order valence-corrected chi connectivity index (χ2v) is 2.11. The second-order valence-electron chi connectivity index (χ2n) is 2.11. The third-order valence-corrected chi connectivity index (χ3v) is 1.57. The Morgan fingerprint density at radius 1 is 1.22 bits per heavy atom. The first kappa shape index (κ1) is 6.26. The molecule has 1 aliphatic rings. The highest BCUT2D eigenvalue weighted by Crippen LogP contribution is 1.97. The smallest absolute Gasteiger partial charge is 0.133 e. The lowest BCUT2D eigenvalue weighted by molar-refractivity contribution is 0.703. The Hall–Kier alpha value is -0.860. The van der Waals surface area contributed by atoms with Crippen LogP contribution in [-0.2, 0) is 0 Å². The van der Waals surface area contributed by atoms with E-state index in [1.165, 1.54) is 0 Å². The van der Waals surface area contributed by atoms with Gasteiger partial charge in [0.1, 0.15) is 18.3 Å². The summed E-state index contributed by atoms with van der Waals surface area (Å²) in [6.07, 6.45) is 0. The van der Waals surface area contributed by atoms with Gasteiger partial charge in [-0.2, -0.15) is 0 Å². The van der Waals surface area contributed by atoms with Gasteiger partial charge in [0, 0.05) is 7.05 Å². The van der Waals surface area contributed by atoms with Crippen molar-refractivity contribution in [2.24, 2.45) is 9.98 Å². The Labute approximate surface area is 55.1 Å². The summed E-state index contributed by atoms with van der Waals surface area (Å²) in [5.41, 5.74) is 0. The lowest BCUT2D eigenvalue weighted by Crippen LogP contribution is -2.32. The minimum atomic E-state index is 0.599. The van der Waals surface area contributed by atoms with Crippen LogP contribution in [0.5, 0.6) is 0 Å². The average molecular weight is 125 g/mol. The van der Waals surface area contributed by atoms with Gasteiger partial charge in [0.25, 0.3) is 0 Å². The van der Waals surface area contributed by atoms with Gasteiger partial charge in [0.2, 0.25) is 0 Å². The van der Waals surface area contributed by atoms with Gasteiger partial charge >= 0.3 is 0 Å². The molecule has 3 heteroatoms. The maximum absolute atomic E-state index is 4.12. The highest BCUT2D eigenvalue weighted by Gasteiger charge is 2.06. The normalized spacial score (nSPS) is 19.2. The molecule has 0 saturated carbocycles. The van der Waals surface area contributed by atoms with E-state index in [4.69, 9.17) is 0 Å². The van der Waals surface area contributed by atoms with E-state index in [0.717, 1.165) is 11.7 Å². The maximum atomic E-state index is 4.12. The molecular formula is C6H11N3. The summed E-state index contributed by atoms with van der Waals surface area (Å²) < 4.78 is 0. The number of hydrogen-bond donors (Lipinski definition) is 0. The summed E-state index contributed by atoms with van der Waals surface area (Å²) in [5.74, 6) is 2.09. The molecule has 0 fully saturated rings. The minimum absolute atomic E-state index is 0.599. The van der Waals surface area contributed by atoms with Crippen LogP contribution >= 0.6 is 0 Å². The first-order chi connectivity index (χ1) is 4.22. The molecule has 0 saturated heterocycles. The minimum Gasteiger partial charge on any atom is -0.322 e. The van der Waals surface area contributed by atoms with Crippen LogP contribution in [0.2, 0.25) is 0 Å². The summed E-state index contributed by atoms with van der Waals surface area (Å²) in [4.78, 5) is 10.2. The topological polar surface area (TPSA) is 28.0 Å². The van der Waals surface area contributed by atoms with Crippen LogP contribution in [0.1, 0.15) is 13.8 Å². The van der Waals surface area contributed by atoms with E-state index in [9.17, 15) is 0 Å². The Morgan fingerprint density at radius 2 is 1.67 bits per heavy atom. The lowest BCUT2D eigenvalue weighted by Gasteiger charge is -2.20. The molecule has 3 nitrogen and oxygen atoms in total. The van der Waals surface area contributed by atoms with Crippen LogP contribution < -0.4 is 0 Å². The van der Waals surface area contributed by atoms with Crippen LogP contribution in [0.3, 0.4) is 0 Å². The molecule has 0 radical (unpaired) electrons. The van der Waals surface area contributed by atoms with Crippen molar-refractivity contribution in [1.29, 1.82) is 0 Å². The number of rotatable bonds is 0. The molecule has 0 N–H and O–H groups in total. The Kier molecular flexibility index (Phi) is 1.51. The van der Waals surface area contributed by atoms with E-state index in [2.05, 4.69) is 9.98 Å². The fourth-order valence-electron chi connectivity index (χ4n) is 0.686. The van der Waals surface area contributed by atoms with Crippen molar-refractivity contribution in [3.8, 4) is 0 Å². The molecule has 1 rings (SSSR count). The van der Waals surface area contributed by atoms with Gasteiger partial charge < -0.3 is 4.90 Å². The van der Waals surface area contributed by atoms with E-state index >= 15 is 0 Å². The van der Waals surface area contributed by atoms with E-state index in [1.807, 2.05) is 25.8 Å². The molecular weight excluding hydrogens is 114 g/mol. The number of amidine groups is 2. The van der Waals surface area contributed by atoms with Gasteiger partial charge in [-0.25, -0.2) is 9.98 Å². The average Bonchev–Trinajstić information content (AvgIpc) is 1.83. The van der Waals surface area contributed by atoms with Crippen molar-refractivity contribution in [3.05, 3.63) is 0 Å². The Bertz CT molecular complexity index is 151. The van der Waals surface area contributed by atoms with Crippen molar-refractivity contribution >= 4 is 11.7 Å². The van der Waals surface area contributed by atoms with Crippen LogP contribution in [0, 0.1) is 0 Å². The zero-order valence-corrected chi connectivity index (χ0v) is 6.05. The quantitative estimate of drug-likeness (QED) is 0.469.